The highest BCUT2D eigenvalue weighted by Gasteiger charge is 2.26. The monoisotopic (exact) mass is 300 g/mol. The molecule has 0 radical (unpaired) electrons. The van der Waals surface area contributed by atoms with Gasteiger partial charge in [-0.05, 0) is 25.3 Å². The second-order valence-electron chi connectivity index (χ2n) is 4.56. The molecular formula is C12H15BClFN2O3. The van der Waals surface area contributed by atoms with Gasteiger partial charge < -0.3 is 25.5 Å². The number of benzene rings is 1. The van der Waals surface area contributed by atoms with Gasteiger partial charge in [0.2, 0.25) is 0 Å². The molecule has 0 aromatic heterocycles. The minimum absolute atomic E-state index is 0.139. The van der Waals surface area contributed by atoms with Crippen LogP contribution in [0.4, 0.5) is 10.1 Å². The van der Waals surface area contributed by atoms with Gasteiger partial charge in [-0.25, -0.2) is 4.39 Å². The Morgan fingerprint density at radius 2 is 2.25 bits per heavy atom. The summed E-state index contributed by atoms with van der Waals surface area (Å²) in [5, 5.41) is 28.6. The van der Waals surface area contributed by atoms with E-state index in [1.807, 2.05) is 0 Å². The predicted octanol–water partition coefficient (Wildman–Crippen LogP) is 1.10. The number of halogens is 2. The summed E-state index contributed by atoms with van der Waals surface area (Å²) in [6, 6.07) is 1.13. The van der Waals surface area contributed by atoms with Crippen molar-refractivity contribution in [2.24, 2.45) is 0 Å². The molecule has 5 nitrogen and oxygen atoms in total. The zero-order valence-corrected chi connectivity index (χ0v) is 11.5. The molecule has 0 amide bonds. The quantitative estimate of drug-likeness (QED) is 0.495. The minimum atomic E-state index is -1.96. The molecule has 0 aliphatic carbocycles. The Morgan fingerprint density at radius 3 is 2.80 bits per heavy atom. The molecule has 108 valence electrons. The van der Waals surface area contributed by atoms with E-state index in [4.69, 9.17) is 21.7 Å². The Balaban J connectivity index is 2.38. The molecule has 1 aromatic carbocycles. The van der Waals surface area contributed by atoms with Crippen molar-refractivity contribution < 1.29 is 19.2 Å². The fraction of sp³-hybridized carbons (Fsp3) is 0.417. The van der Waals surface area contributed by atoms with Gasteiger partial charge in [-0.1, -0.05) is 11.6 Å². The first-order chi connectivity index (χ1) is 9.54. The standard InChI is InChI=1S/C12H15BClFN2O3/c14-12-8(15)5-9(7(6-16)11(12)13(18)19)17-10-3-1-2-4-20-10/h5-6,10,16-19H,1-4H2. The van der Waals surface area contributed by atoms with E-state index in [9.17, 15) is 14.4 Å². The van der Waals surface area contributed by atoms with E-state index in [1.54, 1.807) is 0 Å². The highest BCUT2D eigenvalue weighted by Crippen LogP contribution is 2.24. The van der Waals surface area contributed by atoms with Crippen LogP contribution in [0.15, 0.2) is 6.07 Å². The minimum Gasteiger partial charge on any atom is -0.423 e. The number of rotatable bonds is 4. The molecule has 1 aliphatic rings. The maximum atomic E-state index is 13.8. The summed E-state index contributed by atoms with van der Waals surface area (Å²) >= 11 is 5.73. The van der Waals surface area contributed by atoms with Crippen LogP contribution in [0.2, 0.25) is 5.02 Å². The Bertz CT molecular complexity index is 510. The van der Waals surface area contributed by atoms with E-state index in [-0.39, 0.29) is 22.9 Å². The van der Waals surface area contributed by atoms with Crippen LogP contribution < -0.4 is 10.8 Å². The number of hydrogen-bond donors (Lipinski definition) is 4. The molecule has 0 spiro atoms. The Morgan fingerprint density at radius 1 is 1.50 bits per heavy atom. The first kappa shape index (κ1) is 15.2. The molecule has 1 unspecified atom stereocenters. The molecule has 1 fully saturated rings. The van der Waals surface area contributed by atoms with Crippen LogP contribution in [0.25, 0.3) is 0 Å². The molecule has 1 atom stereocenters. The summed E-state index contributed by atoms with van der Waals surface area (Å²) in [4.78, 5) is 0. The lowest BCUT2D eigenvalue weighted by atomic mass is 9.76. The highest BCUT2D eigenvalue weighted by atomic mass is 35.5. The van der Waals surface area contributed by atoms with Crippen molar-refractivity contribution in [3.63, 3.8) is 0 Å². The maximum absolute atomic E-state index is 13.8. The van der Waals surface area contributed by atoms with Crippen LogP contribution in [0.3, 0.4) is 0 Å². The van der Waals surface area contributed by atoms with Crippen molar-refractivity contribution in [2.45, 2.75) is 25.5 Å². The molecule has 1 aromatic rings. The smallest absolute Gasteiger partial charge is 0.423 e. The molecule has 8 heteroatoms. The molecule has 2 rings (SSSR count). The lowest BCUT2D eigenvalue weighted by Crippen LogP contribution is -2.36. The van der Waals surface area contributed by atoms with E-state index in [2.05, 4.69) is 5.32 Å². The third-order valence-corrected chi connectivity index (χ3v) is 3.58. The summed E-state index contributed by atoms with van der Waals surface area (Å²) in [6.07, 6.45) is 3.35. The largest absolute Gasteiger partial charge is 0.490 e. The Labute approximate surface area is 121 Å². The third-order valence-electron chi connectivity index (χ3n) is 3.20. The molecule has 1 saturated heterocycles. The molecule has 4 N–H and O–H groups in total. The van der Waals surface area contributed by atoms with Gasteiger partial charge in [0.15, 0.2) is 0 Å². The zero-order chi connectivity index (χ0) is 14.7. The molecule has 1 heterocycles. The van der Waals surface area contributed by atoms with Gasteiger partial charge in [-0.15, -0.1) is 0 Å². The van der Waals surface area contributed by atoms with E-state index in [1.165, 1.54) is 0 Å². The Hall–Kier alpha value is -1.15. The normalized spacial score (nSPS) is 18.7. The van der Waals surface area contributed by atoms with Gasteiger partial charge >= 0.3 is 7.12 Å². The van der Waals surface area contributed by atoms with Gasteiger partial charge in [0.1, 0.15) is 12.0 Å². The number of ether oxygens (including phenoxy) is 1. The summed E-state index contributed by atoms with van der Waals surface area (Å²) in [5.41, 5.74) is 0.178. The van der Waals surface area contributed by atoms with E-state index in [0.717, 1.165) is 31.5 Å². The van der Waals surface area contributed by atoms with Gasteiger partial charge in [0.25, 0.3) is 0 Å². The second kappa shape index (κ2) is 6.54. The summed E-state index contributed by atoms with van der Waals surface area (Å²) in [5.74, 6) is -0.779. The van der Waals surface area contributed by atoms with Crippen LogP contribution in [-0.4, -0.2) is 36.2 Å². The van der Waals surface area contributed by atoms with Gasteiger partial charge in [-0.3, -0.25) is 0 Å². The predicted molar refractivity (Wildman–Crippen MR) is 76.3 cm³/mol. The number of hydrogen-bond acceptors (Lipinski definition) is 5. The molecular weight excluding hydrogens is 285 g/mol. The Kier molecular flexibility index (Phi) is 4.98. The van der Waals surface area contributed by atoms with Crippen LogP contribution in [0, 0.1) is 11.2 Å². The van der Waals surface area contributed by atoms with E-state index >= 15 is 0 Å². The van der Waals surface area contributed by atoms with Gasteiger partial charge in [0.05, 0.1) is 5.02 Å². The first-order valence-corrected chi connectivity index (χ1v) is 6.69. The fourth-order valence-electron chi connectivity index (χ4n) is 2.22. The lowest BCUT2D eigenvalue weighted by molar-refractivity contribution is 0.0343. The van der Waals surface area contributed by atoms with E-state index < -0.39 is 18.0 Å². The van der Waals surface area contributed by atoms with Crippen LogP contribution in [0.1, 0.15) is 24.8 Å². The molecule has 20 heavy (non-hydrogen) atoms. The molecule has 0 bridgehead atoms. The number of nitrogens with one attached hydrogen (secondary N) is 2. The van der Waals surface area contributed by atoms with Crippen LogP contribution >= 0.6 is 11.6 Å². The van der Waals surface area contributed by atoms with Crippen molar-refractivity contribution in [2.75, 3.05) is 11.9 Å². The van der Waals surface area contributed by atoms with Gasteiger partial charge in [-0.2, -0.15) is 0 Å². The lowest BCUT2D eigenvalue weighted by Gasteiger charge is -2.26. The summed E-state index contributed by atoms with van der Waals surface area (Å²) < 4.78 is 19.2. The average Bonchev–Trinajstić information content (AvgIpc) is 2.43. The molecule has 1 aliphatic heterocycles. The highest BCUT2D eigenvalue weighted by molar-refractivity contribution is 6.64. The van der Waals surface area contributed by atoms with Crippen LogP contribution in [-0.2, 0) is 4.74 Å². The van der Waals surface area contributed by atoms with Crippen molar-refractivity contribution in [3.05, 3.63) is 22.5 Å². The van der Waals surface area contributed by atoms with Crippen molar-refractivity contribution in [1.29, 1.82) is 5.41 Å². The van der Waals surface area contributed by atoms with Crippen molar-refractivity contribution >= 4 is 36.1 Å². The average molecular weight is 301 g/mol. The summed E-state index contributed by atoms with van der Waals surface area (Å²) in [7, 11) is -1.96. The second-order valence-corrected chi connectivity index (χ2v) is 4.94. The van der Waals surface area contributed by atoms with Crippen molar-refractivity contribution in [3.8, 4) is 0 Å². The zero-order valence-electron chi connectivity index (χ0n) is 10.7. The number of anilines is 1. The summed E-state index contributed by atoms with van der Waals surface area (Å²) in [6.45, 7) is 0.614. The fourth-order valence-corrected chi connectivity index (χ4v) is 2.47. The van der Waals surface area contributed by atoms with Gasteiger partial charge in [0, 0.05) is 29.5 Å². The van der Waals surface area contributed by atoms with Crippen LogP contribution in [0.5, 0.6) is 0 Å². The van der Waals surface area contributed by atoms with Crippen molar-refractivity contribution in [1.82, 2.24) is 0 Å². The van der Waals surface area contributed by atoms with E-state index in [0.29, 0.717) is 6.61 Å². The molecule has 0 saturated carbocycles. The topological polar surface area (TPSA) is 85.6 Å². The SMILES string of the molecule is N=Cc1c(NC2CCCCO2)cc(F)c(Cl)c1B(O)O. The first-order valence-electron chi connectivity index (χ1n) is 6.31. The maximum Gasteiger partial charge on any atom is 0.490 e. The third kappa shape index (κ3) is 3.12.